The van der Waals surface area contributed by atoms with E-state index in [-0.39, 0.29) is 17.4 Å². The van der Waals surface area contributed by atoms with Crippen molar-refractivity contribution < 1.29 is 14.7 Å². The molecule has 1 saturated heterocycles. The van der Waals surface area contributed by atoms with Crippen molar-refractivity contribution in [2.75, 3.05) is 19.6 Å². The lowest BCUT2D eigenvalue weighted by atomic mass is 10.0. The molecule has 0 spiro atoms. The molecule has 2 amide bonds. The Morgan fingerprint density at radius 3 is 2.63 bits per heavy atom. The predicted octanol–water partition coefficient (Wildman–Crippen LogP) is 3.76. The number of aromatic nitrogens is 1. The van der Waals surface area contributed by atoms with Crippen LogP contribution in [-0.4, -0.2) is 57.6 Å². The Labute approximate surface area is 162 Å². The zero-order valence-electron chi connectivity index (χ0n) is 15.4. The highest BCUT2D eigenvalue weighted by Crippen LogP contribution is 2.47. The predicted molar refractivity (Wildman–Crippen MR) is 103 cm³/mol. The Balaban J connectivity index is 1.62. The number of amides is 2. The lowest BCUT2D eigenvalue weighted by Gasteiger charge is -2.38. The average molecular weight is 388 g/mol. The number of halogens is 1. The fraction of sp³-hybridized carbons (Fsp3) is 0.450. The van der Waals surface area contributed by atoms with Crippen molar-refractivity contribution in [3.05, 3.63) is 40.5 Å². The normalized spacial score (nSPS) is 21.4. The number of fused-ring (bicyclic) bond motifs is 1. The SMILES string of the molecule is C[C@@H]1CN(C(=O)c2ccc3c(Cl)cc(C4(C)CC4)nc3c2)CCN1C(=O)O. The molecular formula is C20H22ClN3O3. The van der Waals surface area contributed by atoms with Crippen LogP contribution in [0.4, 0.5) is 4.79 Å². The van der Waals surface area contributed by atoms with Crippen LogP contribution >= 0.6 is 11.6 Å². The molecule has 1 aromatic carbocycles. The van der Waals surface area contributed by atoms with E-state index in [2.05, 4.69) is 6.92 Å². The van der Waals surface area contributed by atoms with Crippen molar-refractivity contribution in [2.24, 2.45) is 0 Å². The molecule has 1 N–H and O–H groups in total. The van der Waals surface area contributed by atoms with Gasteiger partial charge >= 0.3 is 6.09 Å². The second kappa shape index (κ2) is 6.37. The fourth-order valence-corrected chi connectivity index (χ4v) is 3.94. The topological polar surface area (TPSA) is 73.7 Å². The first-order valence-electron chi connectivity index (χ1n) is 9.18. The highest BCUT2D eigenvalue weighted by Gasteiger charge is 2.40. The Morgan fingerprint density at radius 1 is 1.26 bits per heavy atom. The summed E-state index contributed by atoms with van der Waals surface area (Å²) in [6.45, 7) is 5.09. The van der Waals surface area contributed by atoms with E-state index in [1.54, 1.807) is 17.0 Å². The molecule has 0 bridgehead atoms. The monoisotopic (exact) mass is 387 g/mol. The molecule has 6 nitrogen and oxygen atoms in total. The molecule has 1 saturated carbocycles. The molecule has 2 heterocycles. The van der Waals surface area contributed by atoms with E-state index >= 15 is 0 Å². The number of piperazine rings is 1. The van der Waals surface area contributed by atoms with Gasteiger partial charge in [0.25, 0.3) is 5.91 Å². The smallest absolute Gasteiger partial charge is 0.407 e. The van der Waals surface area contributed by atoms with E-state index in [1.165, 1.54) is 4.90 Å². The maximum absolute atomic E-state index is 12.9. The van der Waals surface area contributed by atoms with Crippen molar-refractivity contribution in [1.82, 2.24) is 14.8 Å². The van der Waals surface area contributed by atoms with E-state index < -0.39 is 6.09 Å². The van der Waals surface area contributed by atoms with E-state index in [9.17, 15) is 14.7 Å². The number of nitrogens with zero attached hydrogens (tertiary/aromatic N) is 3. The molecular weight excluding hydrogens is 366 g/mol. The van der Waals surface area contributed by atoms with Crippen molar-refractivity contribution >= 4 is 34.5 Å². The van der Waals surface area contributed by atoms with Gasteiger partial charge in [-0.1, -0.05) is 24.6 Å². The third-order valence-corrected chi connectivity index (χ3v) is 6.10. The molecule has 142 valence electrons. The summed E-state index contributed by atoms with van der Waals surface area (Å²) in [5.41, 5.74) is 2.36. The molecule has 1 aliphatic heterocycles. The van der Waals surface area contributed by atoms with Crippen molar-refractivity contribution in [1.29, 1.82) is 0 Å². The number of hydrogen-bond acceptors (Lipinski definition) is 3. The summed E-state index contributed by atoms with van der Waals surface area (Å²) in [7, 11) is 0. The van der Waals surface area contributed by atoms with Gasteiger partial charge in [0, 0.05) is 47.7 Å². The summed E-state index contributed by atoms with van der Waals surface area (Å²) in [4.78, 5) is 32.0. The first-order valence-corrected chi connectivity index (χ1v) is 9.56. The lowest BCUT2D eigenvalue weighted by molar-refractivity contribution is 0.0507. The van der Waals surface area contributed by atoms with Gasteiger partial charge < -0.3 is 14.9 Å². The molecule has 27 heavy (non-hydrogen) atoms. The van der Waals surface area contributed by atoms with Crippen LogP contribution < -0.4 is 0 Å². The Morgan fingerprint density at radius 2 is 2.00 bits per heavy atom. The summed E-state index contributed by atoms with van der Waals surface area (Å²) in [6.07, 6.45) is 1.26. The number of carbonyl (C=O) groups is 2. The van der Waals surface area contributed by atoms with Gasteiger partial charge in [0.15, 0.2) is 0 Å². The summed E-state index contributed by atoms with van der Waals surface area (Å²) >= 11 is 6.44. The first kappa shape index (κ1) is 18.0. The third kappa shape index (κ3) is 3.23. The summed E-state index contributed by atoms with van der Waals surface area (Å²) in [5.74, 6) is -0.102. The Kier molecular flexibility index (Phi) is 4.26. The first-order chi connectivity index (χ1) is 12.8. The van der Waals surface area contributed by atoms with E-state index in [0.717, 1.165) is 29.4 Å². The maximum atomic E-state index is 12.9. The second-order valence-electron chi connectivity index (χ2n) is 7.86. The van der Waals surface area contributed by atoms with Crippen molar-refractivity contribution in [3.63, 3.8) is 0 Å². The standard InChI is InChI=1S/C20H22ClN3O3/c1-12-11-23(7-8-24(12)19(26)27)18(25)13-3-4-14-15(21)10-17(20(2)5-6-20)22-16(14)9-13/h3-4,9-10,12H,5-8,11H2,1-2H3,(H,26,27)/t12-/m1/s1. The van der Waals surface area contributed by atoms with Crippen LogP contribution in [-0.2, 0) is 5.41 Å². The van der Waals surface area contributed by atoms with Crippen molar-refractivity contribution in [2.45, 2.75) is 38.1 Å². The minimum Gasteiger partial charge on any atom is -0.465 e. The van der Waals surface area contributed by atoms with Gasteiger partial charge in [0.05, 0.1) is 10.5 Å². The zero-order chi connectivity index (χ0) is 19.3. The summed E-state index contributed by atoms with van der Waals surface area (Å²) in [6, 6.07) is 7.12. The highest BCUT2D eigenvalue weighted by atomic mass is 35.5. The molecule has 0 radical (unpaired) electrons. The van der Waals surface area contributed by atoms with Gasteiger partial charge in [-0.05, 0) is 38.0 Å². The van der Waals surface area contributed by atoms with Gasteiger partial charge in [0.2, 0.25) is 0 Å². The van der Waals surface area contributed by atoms with E-state index in [1.807, 2.05) is 19.1 Å². The van der Waals surface area contributed by atoms with Crippen LogP contribution in [0.3, 0.4) is 0 Å². The van der Waals surface area contributed by atoms with Crippen LogP contribution in [0.2, 0.25) is 5.02 Å². The van der Waals surface area contributed by atoms with Crippen LogP contribution in [0.25, 0.3) is 10.9 Å². The number of benzene rings is 1. The molecule has 1 atom stereocenters. The van der Waals surface area contributed by atoms with Crippen LogP contribution in [0, 0.1) is 0 Å². The van der Waals surface area contributed by atoms with Gasteiger partial charge in [-0.3, -0.25) is 9.78 Å². The van der Waals surface area contributed by atoms with E-state index in [4.69, 9.17) is 16.6 Å². The molecule has 2 aromatic rings. The Hall–Kier alpha value is -2.34. The van der Waals surface area contributed by atoms with Crippen LogP contribution in [0.5, 0.6) is 0 Å². The molecule has 2 fully saturated rings. The number of rotatable bonds is 2. The second-order valence-corrected chi connectivity index (χ2v) is 8.27. The molecule has 1 aromatic heterocycles. The minimum absolute atomic E-state index is 0.0977. The lowest BCUT2D eigenvalue weighted by Crippen LogP contribution is -2.55. The van der Waals surface area contributed by atoms with Gasteiger partial charge in [0.1, 0.15) is 0 Å². The zero-order valence-corrected chi connectivity index (χ0v) is 16.2. The van der Waals surface area contributed by atoms with Gasteiger partial charge in [-0.25, -0.2) is 4.79 Å². The summed E-state index contributed by atoms with van der Waals surface area (Å²) in [5, 5.41) is 10.7. The Bertz CT molecular complexity index is 941. The van der Waals surface area contributed by atoms with Crippen molar-refractivity contribution in [3.8, 4) is 0 Å². The minimum atomic E-state index is -0.944. The summed E-state index contributed by atoms with van der Waals surface area (Å²) < 4.78 is 0. The van der Waals surface area contributed by atoms with Gasteiger partial charge in [-0.2, -0.15) is 0 Å². The quantitative estimate of drug-likeness (QED) is 0.851. The number of pyridine rings is 1. The maximum Gasteiger partial charge on any atom is 0.407 e. The third-order valence-electron chi connectivity index (χ3n) is 5.79. The number of carbonyl (C=O) groups excluding carboxylic acids is 1. The molecule has 2 aliphatic rings. The van der Waals surface area contributed by atoms with E-state index in [0.29, 0.717) is 30.2 Å². The van der Waals surface area contributed by atoms with Crippen LogP contribution in [0.15, 0.2) is 24.3 Å². The highest BCUT2D eigenvalue weighted by molar-refractivity contribution is 6.35. The molecule has 0 unspecified atom stereocenters. The van der Waals surface area contributed by atoms with Gasteiger partial charge in [-0.15, -0.1) is 0 Å². The fourth-order valence-electron chi connectivity index (χ4n) is 3.68. The molecule has 1 aliphatic carbocycles. The largest absolute Gasteiger partial charge is 0.465 e. The molecule has 7 heteroatoms. The average Bonchev–Trinajstić information content (AvgIpc) is 3.39. The number of carboxylic acid groups (broad SMARTS) is 1. The molecule has 4 rings (SSSR count). The number of hydrogen-bond donors (Lipinski definition) is 1. The van der Waals surface area contributed by atoms with Crippen LogP contribution in [0.1, 0.15) is 42.7 Å².